The van der Waals surface area contributed by atoms with E-state index in [9.17, 15) is 4.79 Å². The van der Waals surface area contributed by atoms with Crippen LogP contribution >= 0.6 is 11.8 Å². The molecule has 0 fully saturated rings. The van der Waals surface area contributed by atoms with Crippen molar-refractivity contribution < 1.29 is 0 Å². The molecule has 98 valence electrons. The van der Waals surface area contributed by atoms with E-state index >= 15 is 0 Å². The minimum absolute atomic E-state index is 0.0669. The Kier molecular flexibility index (Phi) is 3.68. The zero-order valence-electron chi connectivity index (χ0n) is 11.3. The Morgan fingerprint density at radius 2 is 2.05 bits per heavy atom. The summed E-state index contributed by atoms with van der Waals surface area (Å²) in [6.07, 6.45) is 5.36. The third-order valence-electron chi connectivity index (χ3n) is 2.47. The third kappa shape index (κ3) is 2.99. The summed E-state index contributed by atoms with van der Waals surface area (Å²) < 4.78 is 1.54. The molecule has 0 amide bonds. The van der Waals surface area contributed by atoms with E-state index in [0.717, 1.165) is 11.0 Å². The van der Waals surface area contributed by atoms with Crippen molar-refractivity contribution in [3.8, 4) is 12.3 Å². The molecule has 0 aliphatic rings. The van der Waals surface area contributed by atoms with E-state index in [4.69, 9.17) is 6.42 Å². The summed E-state index contributed by atoms with van der Waals surface area (Å²) in [4.78, 5) is 16.9. The molecule has 2 rings (SSSR count). The van der Waals surface area contributed by atoms with Crippen molar-refractivity contribution in [3.63, 3.8) is 0 Å². The lowest BCUT2D eigenvalue weighted by Gasteiger charge is -2.17. The van der Waals surface area contributed by atoms with E-state index in [2.05, 4.69) is 31.7 Å². The summed E-state index contributed by atoms with van der Waals surface area (Å²) in [7, 11) is 0. The molecule has 19 heavy (non-hydrogen) atoms. The Morgan fingerprint density at radius 1 is 1.37 bits per heavy atom. The maximum absolute atomic E-state index is 12.4. The first-order valence-electron chi connectivity index (χ1n) is 6.04. The summed E-state index contributed by atoms with van der Waals surface area (Å²) in [5, 5.41) is 0.501. The first-order valence-corrected chi connectivity index (χ1v) is 6.86. The standard InChI is InChI=1S/C15H16N2OS/c1-5-10-17-12-9-7-6-8-11(12)16-13(14(17)18)19-15(2,3)4/h1,6-9H,10H2,2-4H3. The highest BCUT2D eigenvalue weighted by Gasteiger charge is 2.18. The summed E-state index contributed by atoms with van der Waals surface area (Å²) in [5.41, 5.74) is 1.46. The Hall–Kier alpha value is -1.73. The molecule has 1 heterocycles. The number of terminal acetylenes is 1. The van der Waals surface area contributed by atoms with Crippen molar-refractivity contribution in [1.29, 1.82) is 0 Å². The van der Waals surface area contributed by atoms with Gasteiger partial charge in [0, 0.05) is 4.75 Å². The highest BCUT2D eigenvalue weighted by atomic mass is 32.2. The predicted molar refractivity (Wildman–Crippen MR) is 80.4 cm³/mol. The highest BCUT2D eigenvalue weighted by molar-refractivity contribution is 8.00. The normalized spacial score (nSPS) is 11.5. The molecule has 3 nitrogen and oxygen atoms in total. The third-order valence-corrected chi connectivity index (χ3v) is 3.55. The summed E-state index contributed by atoms with van der Waals surface area (Å²) in [5.74, 6) is 2.53. The van der Waals surface area contributed by atoms with Crippen LogP contribution < -0.4 is 5.56 Å². The molecule has 1 aromatic heterocycles. The predicted octanol–water partition coefficient (Wildman–Crippen LogP) is 2.92. The second-order valence-corrected chi connectivity index (χ2v) is 7.03. The van der Waals surface area contributed by atoms with Gasteiger partial charge in [-0.2, -0.15) is 0 Å². The quantitative estimate of drug-likeness (QED) is 0.623. The molecule has 4 heteroatoms. The van der Waals surface area contributed by atoms with Crippen LogP contribution in [-0.4, -0.2) is 14.3 Å². The Balaban J connectivity index is 2.71. The highest BCUT2D eigenvalue weighted by Crippen LogP contribution is 2.29. The minimum Gasteiger partial charge on any atom is -0.293 e. The van der Waals surface area contributed by atoms with E-state index in [1.54, 1.807) is 4.57 Å². The van der Waals surface area contributed by atoms with Crippen LogP contribution in [0, 0.1) is 12.3 Å². The number of fused-ring (bicyclic) bond motifs is 1. The van der Waals surface area contributed by atoms with Crippen molar-refractivity contribution in [1.82, 2.24) is 9.55 Å². The van der Waals surface area contributed by atoms with Gasteiger partial charge >= 0.3 is 0 Å². The van der Waals surface area contributed by atoms with E-state index in [1.165, 1.54) is 11.8 Å². The van der Waals surface area contributed by atoms with E-state index in [1.807, 2.05) is 24.3 Å². The number of benzene rings is 1. The average molecular weight is 272 g/mol. The summed E-state index contributed by atoms with van der Waals surface area (Å²) >= 11 is 1.47. The molecule has 0 bridgehead atoms. The van der Waals surface area contributed by atoms with Crippen LogP contribution in [-0.2, 0) is 6.54 Å². The molecule has 0 radical (unpaired) electrons. The van der Waals surface area contributed by atoms with Crippen LogP contribution in [0.5, 0.6) is 0 Å². The molecule has 0 aliphatic heterocycles. The Bertz CT molecular complexity index is 705. The van der Waals surface area contributed by atoms with Crippen molar-refractivity contribution in [2.45, 2.75) is 37.1 Å². The monoisotopic (exact) mass is 272 g/mol. The van der Waals surface area contributed by atoms with Gasteiger partial charge in [-0.1, -0.05) is 50.6 Å². The molecule has 1 aromatic carbocycles. The van der Waals surface area contributed by atoms with Gasteiger partial charge in [0.25, 0.3) is 5.56 Å². The number of hydrogen-bond acceptors (Lipinski definition) is 3. The van der Waals surface area contributed by atoms with E-state index < -0.39 is 0 Å². The lowest BCUT2D eigenvalue weighted by molar-refractivity contribution is 0.770. The van der Waals surface area contributed by atoms with Crippen LogP contribution in [0.15, 0.2) is 34.1 Å². The fraction of sp³-hybridized carbons (Fsp3) is 0.333. The maximum Gasteiger partial charge on any atom is 0.284 e. The zero-order chi connectivity index (χ0) is 14.0. The Morgan fingerprint density at radius 3 is 2.68 bits per heavy atom. The lowest BCUT2D eigenvalue weighted by atomic mass is 10.3. The zero-order valence-corrected chi connectivity index (χ0v) is 12.1. The van der Waals surface area contributed by atoms with Crippen LogP contribution in [0.3, 0.4) is 0 Å². The van der Waals surface area contributed by atoms with Crippen LogP contribution in [0.25, 0.3) is 11.0 Å². The van der Waals surface area contributed by atoms with E-state index in [-0.39, 0.29) is 16.9 Å². The van der Waals surface area contributed by atoms with Gasteiger partial charge in [0.15, 0.2) is 5.03 Å². The first-order chi connectivity index (χ1) is 8.92. The number of rotatable bonds is 2. The topological polar surface area (TPSA) is 34.9 Å². The van der Waals surface area contributed by atoms with Crippen LogP contribution in [0.4, 0.5) is 0 Å². The van der Waals surface area contributed by atoms with Crippen molar-refractivity contribution in [2.75, 3.05) is 0 Å². The van der Waals surface area contributed by atoms with Gasteiger partial charge in [-0.15, -0.1) is 6.42 Å². The summed E-state index contributed by atoms with van der Waals surface area (Å²) in [6, 6.07) is 7.56. The number of aromatic nitrogens is 2. The molecule has 0 spiro atoms. The molecular formula is C15H16N2OS. The van der Waals surface area contributed by atoms with Gasteiger partial charge < -0.3 is 0 Å². The van der Waals surface area contributed by atoms with Gasteiger partial charge in [0.2, 0.25) is 0 Å². The SMILES string of the molecule is C#CCn1c(=O)c(SC(C)(C)C)nc2ccccc21. The number of thioether (sulfide) groups is 1. The molecule has 0 unspecified atom stereocenters. The van der Waals surface area contributed by atoms with Gasteiger partial charge in [0.05, 0.1) is 17.6 Å². The Labute approximate surface area is 117 Å². The second-order valence-electron chi connectivity index (χ2n) is 5.22. The van der Waals surface area contributed by atoms with Gasteiger partial charge in [-0.3, -0.25) is 9.36 Å². The van der Waals surface area contributed by atoms with Gasteiger partial charge in [-0.25, -0.2) is 4.98 Å². The molecule has 0 N–H and O–H groups in total. The van der Waals surface area contributed by atoms with Crippen molar-refractivity contribution in [3.05, 3.63) is 34.6 Å². The molecular weight excluding hydrogens is 256 g/mol. The number of nitrogens with zero attached hydrogens (tertiary/aromatic N) is 2. The van der Waals surface area contributed by atoms with Gasteiger partial charge in [-0.05, 0) is 12.1 Å². The lowest BCUT2D eigenvalue weighted by Crippen LogP contribution is -2.25. The van der Waals surface area contributed by atoms with Crippen molar-refractivity contribution >= 4 is 22.8 Å². The first kappa shape index (κ1) is 13.7. The number of hydrogen-bond donors (Lipinski definition) is 0. The van der Waals surface area contributed by atoms with E-state index in [0.29, 0.717) is 5.03 Å². The molecule has 0 atom stereocenters. The molecule has 0 saturated carbocycles. The fourth-order valence-electron chi connectivity index (χ4n) is 1.77. The van der Waals surface area contributed by atoms with Crippen LogP contribution in [0.1, 0.15) is 20.8 Å². The van der Waals surface area contributed by atoms with Crippen molar-refractivity contribution in [2.24, 2.45) is 0 Å². The molecule has 0 aliphatic carbocycles. The minimum atomic E-state index is -0.114. The van der Waals surface area contributed by atoms with Crippen LogP contribution in [0.2, 0.25) is 0 Å². The summed E-state index contributed by atoms with van der Waals surface area (Å²) in [6.45, 7) is 6.43. The fourth-order valence-corrected chi connectivity index (χ4v) is 2.70. The molecule has 0 saturated heterocycles. The van der Waals surface area contributed by atoms with Gasteiger partial charge in [0.1, 0.15) is 0 Å². The average Bonchev–Trinajstić information content (AvgIpc) is 2.33. The second kappa shape index (κ2) is 5.10. The largest absolute Gasteiger partial charge is 0.293 e. The molecule has 2 aromatic rings. The smallest absolute Gasteiger partial charge is 0.284 e. The maximum atomic E-state index is 12.4. The number of para-hydroxylation sites is 2.